The number of ether oxygens (including phenoxy) is 2. The molecule has 0 saturated carbocycles. The van der Waals surface area contributed by atoms with Crippen LogP contribution in [-0.4, -0.2) is 17.7 Å². The first-order valence-corrected chi connectivity index (χ1v) is 5.81. The molecule has 2 atom stereocenters. The molecule has 1 aliphatic heterocycles. The van der Waals surface area contributed by atoms with Gasteiger partial charge in [-0.1, -0.05) is 0 Å². The van der Waals surface area contributed by atoms with Gasteiger partial charge in [-0.2, -0.15) is 8.78 Å². The average molecular weight is 259 g/mol. The highest BCUT2D eigenvalue weighted by atomic mass is 19.3. The van der Waals surface area contributed by atoms with Gasteiger partial charge >= 0.3 is 6.61 Å². The number of aryl methyl sites for hydroxylation is 1. The summed E-state index contributed by atoms with van der Waals surface area (Å²) in [6, 6.07) is 1.27. The monoisotopic (exact) mass is 259 g/mol. The number of aromatic amines is 1. The second-order valence-corrected chi connectivity index (χ2v) is 4.43. The predicted molar refractivity (Wildman–Crippen MR) is 61.0 cm³/mol. The van der Waals surface area contributed by atoms with Crippen molar-refractivity contribution in [3.05, 3.63) is 27.7 Å². The number of hydrogen-bond donors (Lipinski definition) is 1. The van der Waals surface area contributed by atoms with Crippen molar-refractivity contribution in [1.29, 1.82) is 0 Å². The molecule has 1 aromatic heterocycles. The lowest BCUT2D eigenvalue weighted by atomic mass is 10.1. The van der Waals surface area contributed by atoms with E-state index in [2.05, 4.69) is 9.72 Å². The number of hydrogen-bond acceptors (Lipinski definition) is 3. The van der Waals surface area contributed by atoms with Crippen LogP contribution in [0.1, 0.15) is 37.3 Å². The molecule has 1 N–H and O–H groups in total. The van der Waals surface area contributed by atoms with Crippen LogP contribution in [-0.2, 0) is 4.74 Å². The molecule has 1 aromatic rings. The zero-order valence-corrected chi connectivity index (χ0v) is 10.2. The molecular weight excluding hydrogens is 244 g/mol. The maximum atomic E-state index is 12.1. The zero-order chi connectivity index (χ0) is 13.3. The van der Waals surface area contributed by atoms with E-state index in [1.165, 1.54) is 13.0 Å². The number of pyridine rings is 1. The second-order valence-electron chi connectivity index (χ2n) is 4.43. The van der Waals surface area contributed by atoms with Crippen molar-refractivity contribution in [1.82, 2.24) is 4.98 Å². The molecule has 0 aliphatic carbocycles. The van der Waals surface area contributed by atoms with Crippen LogP contribution in [0.3, 0.4) is 0 Å². The Kier molecular flexibility index (Phi) is 3.65. The highest BCUT2D eigenvalue weighted by molar-refractivity contribution is 5.29. The minimum absolute atomic E-state index is 0.149. The number of rotatable bonds is 3. The highest BCUT2D eigenvalue weighted by Crippen LogP contribution is 2.31. The quantitative estimate of drug-likeness (QED) is 0.907. The molecule has 1 fully saturated rings. The Hall–Kier alpha value is -1.43. The van der Waals surface area contributed by atoms with E-state index < -0.39 is 12.0 Å². The molecule has 0 spiro atoms. The van der Waals surface area contributed by atoms with Crippen LogP contribution < -0.4 is 10.2 Å². The Labute approximate surface area is 103 Å². The maximum absolute atomic E-state index is 12.1. The van der Waals surface area contributed by atoms with Gasteiger partial charge in [-0.05, 0) is 26.7 Å². The topological polar surface area (TPSA) is 51.3 Å². The summed E-state index contributed by atoms with van der Waals surface area (Å²) in [4.78, 5) is 14.6. The molecule has 1 aliphatic rings. The second kappa shape index (κ2) is 5.06. The third-order valence-electron chi connectivity index (χ3n) is 2.97. The molecule has 2 rings (SSSR count). The van der Waals surface area contributed by atoms with E-state index >= 15 is 0 Å². The van der Waals surface area contributed by atoms with Crippen molar-refractivity contribution >= 4 is 0 Å². The molecule has 100 valence electrons. The van der Waals surface area contributed by atoms with Crippen molar-refractivity contribution in [3.8, 4) is 5.75 Å². The third-order valence-corrected chi connectivity index (χ3v) is 2.97. The van der Waals surface area contributed by atoms with E-state index in [-0.39, 0.29) is 18.0 Å². The maximum Gasteiger partial charge on any atom is 0.387 e. The Morgan fingerprint density at radius 2 is 2.22 bits per heavy atom. The summed E-state index contributed by atoms with van der Waals surface area (Å²) in [5, 5.41) is 0. The molecule has 6 heteroatoms. The Balaban J connectivity index is 2.28. The fraction of sp³-hybridized carbons (Fsp3) is 0.583. The molecule has 0 amide bonds. The van der Waals surface area contributed by atoms with Crippen LogP contribution in [0.5, 0.6) is 5.75 Å². The first kappa shape index (κ1) is 13.0. The van der Waals surface area contributed by atoms with E-state index in [0.29, 0.717) is 11.4 Å². The first-order chi connectivity index (χ1) is 8.47. The molecule has 0 bridgehead atoms. The van der Waals surface area contributed by atoms with Crippen molar-refractivity contribution in [3.63, 3.8) is 0 Å². The van der Waals surface area contributed by atoms with Crippen LogP contribution in [0.4, 0.5) is 8.78 Å². The summed E-state index contributed by atoms with van der Waals surface area (Å²) in [5.41, 5.74) is 0.356. The SMILES string of the molecule is Cc1[nH]c(C2CCC(C)O2)cc(=O)c1OC(F)F. The average Bonchev–Trinajstić information content (AvgIpc) is 2.70. The Morgan fingerprint density at radius 1 is 1.50 bits per heavy atom. The van der Waals surface area contributed by atoms with Crippen LogP contribution in [0.25, 0.3) is 0 Å². The standard InChI is InChI=1S/C12H15F2NO3/c1-6-3-4-10(17-6)8-5-9(16)11(7(2)15-8)18-12(13)14/h5-6,10,12H,3-4H2,1-2H3,(H,15,16). The lowest BCUT2D eigenvalue weighted by Gasteiger charge is -2.14. The van der Waals surface area contributed by atoms with Crippen molar-refractivity contribution in [2.45, 2.75) is 45.5 Å². The van der Waals surface area contributed by atoms with Gasteiger partial charge in [-0.3, -0.25) is 4.79 Å². The Bertz CT molecular complexity index is 487. The summed E-state index contributed by atoms with van der Waals surface area (Å²) in [7, 11) is 0. The van der Waals surface area contributed by atoms with Crippen molar-refractivity contribution in [2.24, 2.45) is 0 Å². The number of nitrogens with one attached hydrogen (secondary N) is 1. The summed E-state index contributed by atoms with van der Waals surface area (Å²) in [6.45, 7) is 0.485. The fourth-order valence-electron chi connectivity index (χ4n) is 2.14. The summed E-state index contributed by atoms with van der Waals surface area (Å²) < 4.78 is 34.1. The van der Waals surface area contributed by atoms with E-state index in [1.54, 1.807) is 0 Å². The number of H-pyrrole nitrogens is 1. The summed E-state index contributed by atoms with van der Waals surface area (Å²) in [6.07, 6.45) is 1.70. The van der Waals surface area contributed by atoms with Crippen LogP contribution >= 0.6 is 0 Å². The van der Waals surface area contributed by atoms with Gasteiger partial charge in [0, 0.05) is 11.8 Å². The molecule has 4 nitrogen and oxygen atoms in total. The van der Waals surface area contributed by atoms with E-state index in [0.717, 1.165) is 12.8 Å². The number of aromatic nitrogens is 1. The van der Waals surface area contributed by atoms with E-state index in [4.69, 9.17) is 4.74 Å². The van der Waals surface area contributed by atoms with Gasteiger partial charge in [0.2, 0.25) is 5.43 Å². The lowest BCUT2D eigenvalue weighted by Crippen LogP contribution is -2.16. The van der Waals surface area contributed by atoms with E-state index in [1.807, 2.05) is 6.92 Å². The Morgan fingerprint density at radius 3 is 2.72 bits per heavy atom. The first-order valence-electron chi connectivity index (χ1n) is 5.81. The largest absolute Gasteiger partial charge is 0.429 e. The minimum atomic E-state index is -3.00. The molecule has 0 radical (unpaired) electrons. The third kappa shape index (κ3) is 2.69. The van der Waals surface area contributed by atoms with Crippen molar-refractivity contribution in [2.75, 3.05) is 0 Å². The molecule has 2 unspecified atom stereocenters. The summed E-state index contributed by atoms with van der Waals surface area (Å²) in [5.74, 6) is -0.334. The van der Waals surface area contributed by atoms with E-state index in [9.17, 15) is 13.6 Å². The van der Waals surface area contributed by atoms with Gasteiger partial charge in [-0.15, -0.1) is 0 Å². The van der Waals surface area contributed by atoms with Crippen molar-refractivity contribution < 1.29 is 18.3 Å². The van der Waals surface area contributed by atoms with Crippen LogP contribution in [0.15, 0.2) is 10.9 Å². The van der Waals surface area contributed by atoms with Crippen LogP contribution in [0.2, 0.25) is 0 Å². The minimum Gasteiger partial charge on any atom is -0.429 e. The van der Waals surface area contributed by atoms with Gasteiger partial charge in [-0.25, -0.2) is 0 Å². The van der Waals surface area contributed by atoms with Gasteiger partial charge in [0.1, 0.15) is 0 Å². The zero-order valence-electron chi connectivity index (χ0n) is 10.2. The van der Waals surface area contributed by atoms with Gasteiger partial charge in [0.25, 0.3) is 0 Å². The lowest BCUT2D eigenvalue weighted by molar-refractivity contribution is -0.0513. The molecule has 0 aromatic carbocycles. The van der Waals surface area contributed by atoms with Gasteiger partial charge < -0.3 is 14.5 Å². The molecular formula is C12H15F2NO3. The highest BCUT2D eigenvalue weighted by Gasteiger charge is 2.25. The molecule has 2 heterocycles. The van der Waals surface area contributed by atoms with Gasteiger partial charge in [0.05, 0.1) is 17.9 Å². The van der Waals surface area contributed by atoms with Gasteiger partial charge in [0.15, 0.2) is 5.75 Å². The number of alkyl halides is 2. The smallest absolute Gasteiger partial charge is 0.387 e. The number of halogens is 2. The predicted octanol–water partition coefficient (Wildman–Crippen LogP) is 2.52. The fourth-order valence-corrected chi connectivity index (χ4v) is 2.14. The molecule has 18 heavy (non-hydrogen) atoms. The molecule has 1 saturated heterocycles. The van der Waals surface area contributed by atoms with Crippen LogP contribution in [0, 0.1) is 6.92 Å². The normalized spacial score (nSPS) is 23.6. The summed E-state index contributed by atoms with van der Waals surface area (Å²) >= 11 is 0.